The number of halogens is 1. The number of hydrogen-bond donors (Lipinski definition) is 2. The van der Waals surface area contributed by atoms with Crippen LogP contribution in [0.4, 0.5) is 0 Å². The quantitative estimate of drug-likeness (QED) is 0.297. The van der Waals surface area contributed by atoms with Gasteiger partial charge in [-0.15, -0.1) is 34.2 Å². The minimum absolute atomic E-state index is 0. The predicted molar refractivity (Wildman–Crippen MR) is 124 cm³/mol. The highest BCUT2D eigenvalue weighted by atomic mass is 127. The van der Waals surface area contributed by atoms with Crippen molar-refractivity contribution in [3.8, 4) is 5.69 Å². The zero-order valence-corrected chi connectivity index (χ0v) is 19.6. The maximum Gasteiger partial charge on any atom is 0.191 e. The van der Waals surface area contributed by atoms with Crippen molar-refractivity contribution in [2.75, 3.05) is 19.7 Å². The molecule has 1 aromatic heterocycles. The second kappa shape index (κ2) is 13.5. The molecule has 0 saturated heterocycles. The lowest BCUT2D eigenvalue weighted by atomic mass is 10.0. The van der Waals surface area contributed by atoms with Crippen LogP contribution in [-0.2, 0) is 11.3 Å². The second-order valence-electron chi connectivity index (χ2n) is 6.60. The molecule has 0 aliphatic heterocycles. The number of rotatable bonds is 10. The smallest absolute Gasteiger partial charge is 0.191 e. The number of aliphatic imine (C=N–C) groups is 1. The molecule has 1 unspecified atom stereocenters. The molecule has 0 amide bonds. The Morgan fingerprint density at radius 1 is 1.18 bits per heavy atom. The van der Waals surface area contributed by atoms with Gasteiger partial charge >= 0.3 is 0 Å². The highest BCUT2D eigenvalue weighted by Crippen LogP contribution is 2.11. The molecule has 1 heterocycles. The van der Waals surface area contributed by atoms with Gasteiger partial charge in [0.2, 0.25) is 0 Å². The van der Waals surface area contributed by atoms with Crippen molar-refractivity contribution in [2.24, 2.45) is 10.9 Å². The molecule has 2 N–H and O–H groups in total. The van der Waals surface area contributed by atoms with Crippen molar-refractivity contribution >= 4 is 29.9 Å². The lowest BCUT2D eigenvalue weighted by Crippen LogP contribution is -2.39. The molecule has 2 rings (SSSR count). The third kappa shape index (κ3) is 7.75. The number of guanidine groups is 1. The summed E-state index contributed by atoms with van der Waals surface area (Å²) in [7, 11) is 0. The fourth-order valence-electron chi connectivity index (χ4n) is 2.82. The summed E-state index contributed by atoms with van der Waals surface area (Å²) in [5, 5.41) is 14.9. The molecule has 0 bridgehead atoms. The number of benzene rings is 1. The molecule has 156 valence electrons. The van der Waals surface area contributed by atoms with Crippen molar-refractivity contribution in [1.82, 2.24) is 25.4 Å². The Bertz CT molecular complexity index is 689. The first-order valence-electron chi connectivity index (χ1n) is 9.73. The van der Waals surface area contributed by atoms with Gasteiger partial charge in [-0.2, -0.15) is 0 Å². The average Bonchev–Trinajstić information content (AvgIpc) is 3.14. The second-order valence-corrected chi connectivity index (χ2v) is 6.60. The molecule has 1 aromatic carbocycles. The summed E-state index contributed by atoms with van der Waals surface area (Å²) in [5.74, 6) is 2.07. The summed E-state index contributed by atoms with van der Waals surface area (Å²) in [6, 6.07) is 10.0. The van der Waals surface area contributed by atoms with Crippen LogP contribution in [-0.4, -0.2) is 46.5 Å². The number of nitrogens with zero attached hydrogens (tertiary/aromatic N) is 4. The van der Waals surface area contributed by atoms with Crippen molar-refractivity contribution in [3.05, 3.63) is 42.5 Å². The first kappa shape index (κ1) is 24.4. The number of nitrogens with one attached hydrogen (secondary N) is 2. The third-order valence-corrected chi connectivity index (χ3v) is 4.22. The summed E-state index contributed by atoms with van der Waals surface area (Å²) in [5.41, 5.74) is 1.03. The molecule has 1 atom stereocenters. The predicted octanol–water partition coefficient (Wildman–Crippen LogP) is 3.39. The Morgan fingerprint density at radius 2 is 1.93 bits per heavy atom. The van der Waals surface area contributed by atoms with Crippen LogP contribution in [0, 0.1) is 5.92 Å². The fraction of sp³-hybridized carbons (Fsp3) is 0.550. The standard InChI is InChI=1S/C20H32N6O.HI/c1-5-21-20(22-13-12-18(16(3)4)27-6-2)23-14-19-25-24-15-26(19)17-10-8-7-9-11-17;/h7-11,15-16,18H,5-6,12-14H2,1-4H3,(H2,21,22,23);1H. The molecular weight excluding hydrogens is 467 g/mol. The van der Waals surface area contributed by atoms with Crippen LogP contribution in [0.25, 0.3) is 5.69 Å². The molecular formula is C20H33IN6O. The topological polar surface area (TPSA) is 76.4 Å². The van der Waals surface area contributed by atoms with Crippen LogP contribution >= 0.6 is 24.0 Å². The first-order chi connectivity index (χ1) is 13.2. The van der Waals surface area contributed by atoms with E-state index in [0.717, 1.165) is 43.6 Å². The van der Waals surface area contributed by atoms with E-state index in [1.807, 2.05) is 41.8 Å². The van der Waals surface area contributed by atoms with Crippen LogP contribution in [0.5, 0.6) is 0 Å². The molecule has 0 saturated carbocycles. The summed E-state index contributed by atoms with van der Waals surface area (Å²) < 4.78 is 7.76. The van der Waals surface area contributed by atoms with E-state index in [0.29, 0.717) is 12.5 Å². The fourth-order valence-corrected chi connectivity index (χ4v) is 2.82. The Morgan fingerprint density at radius 3 is 2.57 bits per heavy atom. The zero-order chi connectivity index (χ0) is 19.5. The van der Waals surface area contributed by atoms with Crippen LogP contribution in [0.15, 0.2) is 41.7 Å². The molecule has 7 nitrogen and oxygen atoms in total. The van der Waals surface area contributed by atoms with Gasteiger partial charge in [-0.3, -0.25) is 4.57 Å². The molecule has 0 radical (unpaired) electrons. The van der Waals surface area contributed by atoms with E-state index >= 15 is 0 Å². The monoisotopic (exact) mass is 500 g/mol. The highest BCUT2D eigenvalue weighted by molar-refractivity contribution is 14.0. The van der Waals surface area contributed by atoms with Crippen molar-refractivity contribution < 1.29 is 4.74 Å². The minimum Gasteiger partial charge on any atom is -0.378 e. The summed E-state index contributed by atoms with van der Waals surface area (Å²) >= 11 is 0. The molecule has 2 aromatic rings. The van der Waals surface area contributed by atoms with Gasteiger partial charge in [-0.25, -0.2) is 4.99 Å². The van der Waals surface area contributed by atoms with E-state index in [9.17, 15) is 0 Å². The molecule has 0 spiro atoms. The SMILES string of the molecule is CCNC(=NCc1nncn1-c1ccccc1)NCCC(OCC)C(C)C.I. The first-order valence-corrected chi connectivity index (χ1v) is 9.73. The van der Waals surface area contributed by atoms with Crippen molar-refractivity contribution in [1.29, 1.82) is 0 Å². The zero-order valence-electron chi connectivity index (χ0n) is 17.3. The van der Waals surface area contributed by atoms with Gasteiger partial charge in [-0.1, -0.05) is 32.0 Å². The number of para-hydroxylation sites is 1. The lowest BCUT2D eigenvalue weighted by molar-refractivity contribution is 0.0258. The third-order valence-electron chi connectivity index (χ3n) is 4.22. The molecule has 0 fully saturated rings. The van der Waals surface area contributed by atoms with Gasteiger partial charge in [0.1, 0.15) is 12.9 Å². The van der Waals surface area contributed by atoms with Crippen molar-refractivity contribution in [2.45, 2.75) is 46.8 Å². The van der Waals surface area contributed by atoms with Gasteiger partial charge in [0, 0.05) is 25.4 Å². The Kier molecular flexibility index (Phi) is 11.7. The van der Waals surface area contributed by atoms with Crippen LogP contribution in [0.2, 0.25) is 0 Å². The number of aromatic nitrogens is 3. The van der Waals surface area contributed by atoms with Gasteiger partial charge in [0.15, 0.2) is 11.8 Å². The van der Waals surface area contributed by atoms with E-state index in [2.05, 4.69) is 46.6 Å². The van der Waals surface area contributed by atoms with Gasteiger partial charge in [0.05, 0.1) is 6.10 Å². The molecule has 8 heteroatoms. The molecule has 0 aliphatic carbocycles. The van der Waals surface area contributed by atoms with Crippen LogP contribution in [0.1, 0.15) is 39.9 Å². The van der Waals surface area contributed by atoms with E-state index in [-0.39, 0.29) is 30.1 Å². The van der Waals surface area contributed by atoms with Crippen LogP contribution in [0.3, 0.4) is 0 Å². The largest absolute Gasteiger partial charge is 0.378 e. The van der Waals surface area contributed by atoms with E-state index in [4.69, 9.17) is 4.74 Å². The van der Waals surface area contributed by atoms with Crippen molar-refractivity contribution in [3.63, 3.8) is 0 Å². The number of hydrogen-bond acceptors (Lipinski definition) is 4. The molecule has 0 aliphatic rings. The Labute approximate surface area is 185 Å². The van der Waals surface area contributed by atoms with E-state index < -0.39 is 0 Å². The highest BCUT2D eigenvalue weighted by Gasteiger charge is 2.13. The maximum atomic E-state index is 5.81. The summed E-state index contributed by atoms with van der Waals surface area (Å²) in [4.78, 5) is 4.66. The Hall–Kier alpha value is -1.68. The normalized spacial score (nSPS) is 12.5. The number of ether oxygens (including phenoxy) is 1. The molecule has 28 heavy (non-hydrogen) atoms. The van der Waals surface area contributed by atoms with Gasteiger partial charge < -0.3 is 15.4 Å². The van der Waals surface area contributed by atoms with Crippen LogP contribution < -0.4 is 10.6 Å². The van der Waals surface area contributed by atoms with E-state index in [1.54, 1.807) is 6.33 Å². The maximum absolute atomic E-state index is 5.81. The lowest BCUT2D eigenvalue weighted by Gasteiger charge is -2.21. The summed E-state index contributed by atoms with van der Waals surface area (Å²) in [6.07, 6.45) is 2.91. The van der Waals surface area contributed by atoms with Gasteiger partial charge in [0.25, 0.3) is 0 Å². The van der Waals surface area contributed by atoms with E-state index in [1.165, 1.54) is 0 Å². The average molecular weight is 500 g/mol. The summed E-state index contributed by atoms with van der Waals surface area (Å²) in [6.45, 7) is 11.3. The Balaban J connectivity index is 0.00000392. The minimum atomic E-state index is 0. The van der Waals surface area contributed by atoms with Gasteiger partial charge in [-0.05, 0) is 38.3 Å².